The second kappa shape index (κ2) is 9.22. The summed E-state index contributed by atoms with van der Waals surface area (Å²) in [6, 6.07) is 9.43. The third-order valence-electron chi connectivity index (χ3n) is 1.84. The Morgan fingerprint density at radius 2 is 1.82 bits per heavy atom. The molecule has 1 aromatic carbocycles. The molecule has 0 fully saturated rings. The fourth-order valence-corrected chi connectivity index (χ4v) is 1.63. The van der Waals surface area contributed by atoms with Gasteiger partial charge in [-0.15, -0.1) is 9.05 Å². The Labute approximate surface area is 101 Å². The lowest BCUT2D eigenvalue weighted by molar-refractivity contribution is 0.0673. The third-order valence-corrected chi connectivity index (χ3v) is 2.57. The summed E-state index contributed by atoms with van der Waals surface area (Å²) in [7, 11) is -2.12. The van der Waals surface area contributed by atoms with E-state index in [0.29, 0.717) is 0 Å². The van der Waals surface area contributed by atoms with E-state index in [1.807, 2.05) is 30.3 Å². The molecule has 0 aliphatic heterocycles. The minimum Gasteiger partial charge on any atom is -0.394 e. The van der Waals surface area contributed by atoms with Crippen LogP contribution in [0.2, 0.25) is 0 Å². The molecule has 0 saturated heterocycles. The molecule has 0 aromatic heterocycles. The van der Waals surface area contributed by atoms with Crippen LogP contribution in [0.3, 0.4) is 0 Å². The molecule has 0 aliphatic carbocycles. The van der Waals surface area contributed by atoms with E-state index < -0.39 is 8.25 Å². The minimum atomic E-state index is -2.12. The Kier molecular flexibility index (Phi) is 7.71. The van der Waals surface area contributed by atoms with Crippen molar-refractivity contribution in [2.24, 2.45) is 0 Å². The quantitative estimate of drug-likeness (QED) is 0.542. The first-order valence-corrected chi connectivity index (χ1v) is 6.38. The van der Waals surface area contributed by atoms with Crippen molar-refractivity contribution in [3.05, 3.63) is 35.9 Å². The zero-order chi connectivity index (χ0) is 12.3. The predicted molar refractivity (Wildman–Crippen MR) is 62.7 cm³/mol. The average molecular weight is 259 g/mol. The van der Waals surface area contributed by atoms with Crippen molar-refractivity contribution in [1.29, 1.82) is 0 Å². The van der Waals surface area contributed by atoms with Crippen LogP contribution in [-0.4, -0.2) is 31.5 Å². The maximum atomic E-state index is 11.2. The zero-order valence-electron chi connectivity index (χ0n) is 9.45. The van der Waals surface area contributed by atoms with Gasteiger partial charge in [0.05, 0.1) is 19.8 Å². The molecule has 0 spiro atoms. The number of aliphatic hydroxyl groups excluding tert-OH is 1. The van der Waals surface area contributed by atoms with Crippen LogP contribution in [0.15, 0.2) is 30.3 Å². The lowest BCUT2D eigenvalue weighted by Gasteiger charge is -1.97. The fraction of sp³-hybridized carbons (Fsp3) is 0.455. The predicted octanol–water partition coefficient (Wildman–Crippen LogP) is 1.89. The highest BCUT2D eigenvalue weighted by atomic mass is 31.1. The van der Waals surface area contributed by atoms with Crippen molar-refractivity contribution in [1.82, 2.24) is 0 Å². The van der Waals surface area contributed by atoms with E-state index in [4.69, 9.17) is 18.9 Å². The summed E-state index contributed by atoms with van der Waals surface area (Å²) in [6.07, 6.45) is 0. The Bertz CT molecular complexity index is 317. The Hall–Kier alpha value is -0.840. The molecular formula is C11H16O5P+. The van der Waals surface area contributed by atoms with E-state index in [2.05, 4.69) is 0 Å². The molecule has 1 unspecified atom stereocenters. The largest absolute Gasteiger partial charge is 0.697 e. The van der Waals surface area contributed by atoms with E-state index in [9.17, 15) is 4.57 Å². The van der Waals surface area contributed by atoms with Gasteiger partial charge in [0.15, 0.2) is 0 Å². The summed E-state index contributed by atoms with van der Waals surface area (Å²) in [5.74, 6) is 0. The molecule has 0 bridgehead atoms. The molecular weight excluding hydrogens is 243 g/mol. The number of aliphatic hydroxyl groups is 1. The van der Waals surface area contributed by atoms with Gasteiger partial charge >= 0.3 is 8.25 Å². The Balaban J connectivity index is 2.05. The minimum absolute atomic E-state index is 0.0311. The van der Waals surface area contributed by atoms with Gasteiger partial charge in [0, 0.05) is 4.57 Å². The first-order chi connectivity index (χ1) is 8.33. The number of rotatable bonds is 9. The van der Waals surface area contributed by atoms with Crippen LogP contribution >= 0.6 is 8.25 Å². The number of ether oxygens (including phenoxy) is 1. The maximum Gasteiger partial charge on any atom is 0.697 e. The van der Waals surface area contributed by atoms with Crippen LogP contribution in [0.1, 0.15) is 5.56 Å². The van der Waals surface area contributed by atoms with Crippen LogP contribution in [-0.2, 0) is 25.0 Å². The highest BCUT2D eigenvalue weighted by Gasteiger charge is 2.19. The van der Waals surface area contributed by atoms with Crippen molar-refractivity contribution >= 4 is 8.25 Å². The molecule has 0 saturated carbocycles. The summed E-state index contributed by atoms with van der Waals surface area (Å²) < 4.78 is 26.1. The average Bonchev–Trinajstić information content (AvgIpc) is 2.37. The van der Waals surface area contributed by atoms with Crippen LogP contribution in [0.4, 0.5) is 0 Å². The van der Waals surface area contributed by atoms with Gasteiger partial charge in [-0.1, -0.05) is 30.3 Å². The van der Waals surface area contributed by atoms with E-state index in [1.54, 1.807) is 0 Å². The summed E-state index contributed by atoms with van der Waals surface area (Å²) in [5.41, 5.74) is 0.941. The lowest BCUT2D eigenvalue weighted by atomic mass is 10.2. The van der Waals surface area contributed by atoms with Crippen molar-refractivity contribution in [2.45, 2.75) is 6.61 Å². The summed E-state index contributed by atoms with van der Waals surface area (Å²) in [4.78, 5) is 0. The summed E-state index contributed by atoms with van der Waals surface area (Å²) in [5, 5.41) is 8.44. The fourth-order valence-electron chi connectivity index (χ4n) is 1.08. The van der Waals surface area contributed by atoms with Gasteiger partial charge in [0.1, 0.15) is 13.2 Å². The van der Waals surface area contributed by atoms with Crippen LogP contribution < -0.4 is 0 Å². The number of benzene rings is 1. The van der Waals surface area contributed by atoms with Gasteiger partial charge in [-0.05, 0) is 5.56 Å². The smallest absolute Gasteiger partial charge is 0.394 e. The van der Waals surface area contributed by atoms with Gasteiger partial charge < -0.3 is 9.84 Å². The van der Waals surface area contributed by atoms with E-state index >= 15 is 0 Å². The van der Waals surface area contributed by atoms with Crippen LogP contribution in [0.5, 0.6) is 0 Å². The SMILES string of the molecule is O=[P+](OCCOCCO)OCc1ccccc1. The molecule has 94 valence electrons. The zero-order valence-corrected chi connectivity index (χ0v) is 10.3. The van der Waals surface area contributed by atoms with Crippen LogP contribution in [0.25, 0.3) is 0 Å². The first-order valence-electron chi connectivity index (χ1n) is 5.28. The van der Waals surface area contributed by atoms with E-state index in [1.165, 1.54) is 0 Å². The first kappa shape index (κ1) is 14.2. The molecule has 1 N–H and O–H groups in total. The molecule has 0 aliphatic rings. The highest BCUT2D eigenvalue weighted by Crippen LogP contribution is 2.25. The third kappa shape index (κ3) is 7.15. The normalized spacial score (nSPS) is 11.5. The molecule has 5 nitrogen and oxygen atoms in total. The molecule has 1 aromatic rings. The number of hydrogen-bond donors (Lipinski definition) is 1. The van der Waals surface area contributed by atoms with Crippen molar-refractivity contribution in [3.63, 3.8) is 0 Å². The Morgan fingerprint density at radius 3 is 2.53 bits per heavy atom. The van der Waals surface area contributed by atoms with Crippen molar-refractivity contribution in [2.75, 3.05) is 26.4 Å². The van der Waals surface area contributed by atoms with Gasteiger partial charge in [0.2, 0.25) is 0 Å². The van der Waals surface area contributed by atoms with Crippen LogP contribution in [0, 0.1) is 0 Å². The topological polar surface area (TPSA) is 65.0 Å². The Morgan fingerprint density at radius 1 is 1.06 bits per heavy atom. The van der Waals surface area contributed by atoms with Crippen molar-refractivity contribution in [3.8, 4) is 0 Å². The van der Waals surface area contributed by atoms with Gasteiger partial charge in [-0.25, -0.2) is 0 Å². The molecule has 0 radical (unpaired) electrons. The van der Waals surface area contributed by atoms with Gasteiger partial charge in [-0.2, -0.15) is 0 Å². The number of hydrogen-bond acceptors (Lipinski definition) is 5. The second-order valence-corrected chi connectivity index (χ2v) is 4.12. The molecule has 0 heterocycles. The molecule has 1 atom stereocenters. The molecule has 6 heteroatoms. The van der Waals surface area contributed by atoms with Gasteiger partial charge in [0.25, 0.3) is 0 Å². The molecule has 0 amide bonds. The monoisotopic (exact) mass is 259 g/mol. The van der Waals surface area contributed by atoms with Gasteiger partial charge in [-0.3, -0.25) is 0 Å². The van der Waals surface area contributed by atoms with E-state index in [0.717, 1.165) is 5.56 Å². The van der Waals surface area contributed by atoms with Crippen molar-refractivity contribution < 1.29 is 23.5 Å². The maximum absolute atomic E-state index is 11.2. The second-order valence-electron chi connectivity index (χ2n) is 3.15. The molecule has 17 heavy (non-hydrogen) atoms. The summed E-state index contributed by atoms with van der Waals surface area (Å²) in [6.45, 7) is 0.954. The molecule has 1 rings (SSSR count). The standard InChI is InChI=1S/C11H16O5P/c12-6-7-14-8-9-15-17(13)16-10-11-4-2-1-3-5-11/h1-5,12H,6-10H2/q+1. The lowest BCUT2D eigenvalue weighted by Crippen LogP contribution is -2.05. The highest BCUT2D eigenvalue weighted by molar-refractivity contribution is 7.33. The summed E-state index contributed by atoms with van der Waals surface area (Å²) >= 11 is 0. The van der Waals surface area contributed by atoms with E-state index in [-0.39, 0.29) is 33.0 Å².